The predicted molar refractivity (Wildman–Crippen MR) is 146 cm³/mol. The second kappa shape index (κ2) is 12.9. The number of benzene rings is 2. The number of aryl methyl sites for hydroxylation is 1. The van der Waals surface area contributed by atoms with E-state index in [1.165, 1.54) is 35.6 Å². The van der Waals surface area contributed by atoms with Crippen molar-refractivity contribution in [3.63, 3.8) is 0 Å². The number of hydrogen-bond donors (Lipinski definition) is 0. The van der Waals surface area contributed by atoms with E-state index in [4.69, 9.17) is 21.3 Å². The van der Waals surface area contributed by atoms with E-state index in [9.17, 15) is 13.2 Å². The first kappa shape index (κ1) is 29.3. The Balaban J connectivity index is 0.00000432. The van der Waals surface area contributed by atoms with Crippen LogP contribution >= 0.6 is 35.3 Å². The number of anilines is 1. The van der Waals surface area contributed by atoms with Gasteiger partial charge in [0.2, 0.25) is 5.91 Å². The summed E-state index contributed by atoms with van der Waals surface area (Å²) in [5.41, 5.74) is 1.75. The maximum Gasteiger partial charge on any atom is 0.229 e. The normalized spacial score (nSPS) is 11.5. The van der Waals surface area contributed by atoms with E-state index in [0.29, 0.717) is 34.5 Å². The lowest BCUT2D eigenvalue weighted by Gasteiger charge is -2.24. The number of nitrogens with zero attached hydrogens (tertiary/aromatic N) is 3. The van der Waals surface area contributed by atoms with E-state index in [2.05, 4.69) is 18.7 Å². The Bertz CT molecular complexity index is 1240. The number of aromatic nitrogens is 1. The minimum atomic E-state index is -3.62. The number of carbonyl (C=O) groups is 1. The van der Waals surface area contributed by atoms with E-state index < -0.39 is 9.84 Å². The third kappa shape index (κ3) is 7.07. The summed E-state index contributed by atoms with van der Waals surface area (Å²) < 4.78 is 32.0. The molecule has 0 fully saturated rings. The number of thiazole rings is 1. The maximum atomic E-state index is 13.3. The molecule has 11 heteroatoms. The fourth-order valence-electron chi connectivity index (χ4n) is 3.60. The molecule has 0 radical (unpaired) electrons. The lowest BCUT2D eigenvalue weighted by atomic mass is 10.2. The molecule has 0 spiro atoms. The number of ether oxygens (including phenoxy) is 1. The summed E-state index contributed by atoms with van der Waals surface area (Å²) in [5.74, 6) is 0.0765. The quantitative estimate of drug-likeness (QED) is 0.320. The number of fused-ring (bicyclic) bond motifs is 1. The molecular weight excluding hydrogens is 529 g/mol. The Hall–Kier alpha value is -1.91. The highest BCUT2D eigenvalue weighted by atomic mass is 35.5. The topological polar surface area (TPSA) is 79.8 Å². The summed E-state index contributed by atoms with van der Waals surface area (Å²) >= 11 is 7.29. The van der Waals surface area contributed by atoms with Gasteiger partial charge in [0.15, 0.2) is 15.0 Å². The summed E-state index contributed by atoms with van der Waals surface area (Å²) in [5, 5.41) is 1.00. The number of amides is 1. The van der Waals surface area contributed by atoms with Crippen molar-refractivity contribution in [2.45, 2.75) is 32.1 Å². The second-order valence-electron chi connectivity index (χ2n) is 7.85. The van der Waals surface area contributed by atoms with Crippen LogP contribution in [0.25, 0.3) is 10.2 Å². The van der Waals surface area contributed by atoms with Gasteiger partial charge in [-0.05, 0) is 55.9 Å². The highest BCUT2D eigenvalue weighted by Gasteiger charge is 2.24. The van der Waals surface area contributed by atoms with Gasteiger partial charge in [0, 0.05) is 24.5 Å². The molecule has 3 rings (SSSR count). The smallest absolute Gasteiger partial charge is 0.229 e. The molecule has 0 aliphatic heterocycles. The summed E-state index contributed by atoms with van der Waals surface area (Å²) in [7, 11) is -2.03. The first-order valence-corrected chi connectivity index (χ1v) is 14.0. The fraction of sp³-hybridized carbons (Fsp3) is 0.417. The van der Waals surface area contributed by atoms with Crippen molar-refractivity contribution < 1.29 is 17.9 Å². The Morgan fingerprint density at radius 3 is 2.34 bits per heavy atom. The Morgan fingerprint density at radius 1 is 1.09 bits per heavy atom. The largest absolute Gasteiger partial charge is 0.494 e. The minimum Gasteiger partial charge on any atom is -0.494 e. The molecule has 7 nitrogen and oxygen atoms in total. The first-order chi connectivity index (χ1) is 16.2. The van der Waals surface area contributed by atoms with Gasteiger partial charge in [-0.15, -0.1) is 12.4 Å². The van der Waals surface area contributed by atoms with E-state index >= 15 is 0 Å². The number of methoxy groups -OCH3 is 1. The number of hydrogen-bond acceptors (Lipinski definition) is 7. The van der Waals surface area contributed by atoms with Crippen LogP contribution in [0.15, 0.2) is 41.3 Å². The van der Waals surface area contributed by atoms with Crippen molar-refractivity contribution >= 4 is 66.4 Å². The van der Waals surface area contributed by atoms with Gasteiger partial charge in [-0.2, -0.15) is 0 Å². The maximum absolute atomic E-state index is 13.3. The number of likely N-dealkylation sites (N-methyl/N-ethyl adjacent to an activating group) is 1. The average molecular weight is 561 g/mol. The second-order valence-corrected chi connectivity index (χ2v) is 11.4. The van der Waals surface area contributed by atoms with Crippen LogP contribution in [0.1, 0.15) is 25.8 Å². The molecule has 2 aromatic carbocycles. The summed E-state index contributed by atoms with van der Waals surface area (Å²) in [6.45, 7) is 8.93. The van der Waals surface area contributed by atoms with Crippen LogP contribution in [0, 0.1) is 6.92 Å². The van der Waals surface area contributed by atoms with Gasteiger partial charge in [-0.1, -0.05) is 42.9 Å². The lowest BCUT2D eigenvalue weighted by molar-refractivity contribution is -0.118. The van der Waals surface area contributed by atoms with Crippen molar-refractivity contribution in [2.24, 2.45) is 0 Å². The average Bonchev–Trinajstić information content (AvgIpc) is 3.27. The molecule has 0 bridgehead atoms. The molecule has 192 valence electrons. The van der Waals surface area contributed by atoms with E-state index in [-0.39, 0.29) is 35.4 Å². The molecule has 0 aliphatic carbocycles. The highest BCUT2D eigenvalue weighted by Crippen LogP contribution is 2.36. The zero-order valence-electron chi connectivity index (χ0n) is 20.3. The SMILES string of the molecule is CCN(CC)CCN(C(=O)CCS(=O)(=O)c1ccc(Cl)cc1)c1nc2c(OC)ccc(C)c2s1.Cl. The molecule has 1 aromatic heterocycles. The highest BCUT2D eigenvalue weighted by molar-refractivity contribution is 7.91. The minimum absolute atomic E-state index is 0. The molecule has 0 N–H and O–H groups in total. The van der Waals surface area contributed by atoms with Crippen molar-refractivity contribution in [1.29, 1.82) is 0 Å². The number of rotatable bonds is 11. The Morgan fingerprint density at radius 2 is 1.74 bits per heavy atom. The fourth-order valence-corrected chi connectivity index (χ4v) is 6.05. The number of halogens is 2. The van der Waals surface area contributed by atoms with Crippen LogP contribution < -0.4 is 9.64 Å². The molecule has 0 atom stereocenters. The number of sulfone groups is 1. The van der Waals surface area contributed by atoms with Gasteiger partial charge in [0.25, 0.3) is 0 Å². The lowest BCUT2D eigenvalue weighted by Crippen LogP contribution is -2.39. The number of carbonyl (C=O) groups excluding carboxylic acids is 1. The zero-order valence-corrected chi connectivity index (χ0v) is 23.5. The van der Waals surface area contributed by atoms with E-state index in [0.717, 1.165) is 23.4 Å². The molecule has 3 aromatic rings. The summed E-state index contributed by atoms with van der Waals surface area (Å²) in [4.78, 5) is 22.0. The van der Waals surface area contributed by atoms with Gasteiger partial charge in [-0.25, -0.2) is 13.4 Å². The molecule has 1 amide bonds. The van der Waals surface area contributed by atoms with Gasteiger partial charge in [-0.3, -0.25) is 9.69 Å². The predicted octanol–water partition coefficient (Wildman–Crippen LogP) is 5.23. The van der Waals surface area contributed by atoms with Crippen LogP contribution in [-0.4, -0.2) is 63.3 Å². The molecule has 0 aliphatic rings. The van der Waals surface area contributed by atoms with Crippen molar-refractivity contribution in [1.82, 2.24) is 9.88 Å². The van der Waals surface area contributed by atoms with Crippen LogP contribution in [0.5, 0.6) is 5.75 Å². The third-order valence-corrected chi connectivity index (χ3v) is 8.93. The van der Waals surface area contributed by atoms with E-state index in [1.807, 2.05) is 19.1 Å². The van der Waals surface area contributed by atoms with Crippen LogP contribution in [0.2, 0.25) is 5.02 Å². The first-order valence-electron chi connectivity index (χ1n) is 11.1. The van der Waals surface area contributed by atoms with Crippen molar-refractivity contribution in [3.05, 3.63) is 47.0 Å². The van der Waals surface area contributed by atoms with E-state index in [1.54, 1.807) is 12.0 Å². The summed E-state index contributed by atoms with van der Waals surface area (Å²) in [6, 6.07) is 9.81. The van der Waals surface area contributed by atoms with Gasteiger partial charge >= 0.3 is 0 Å². The van der Waals surface area contributed by atoms with Crippen molar-refractivity contribution in [3.8, 4) is 5.75 Å². The van der Waals surface area contributed by atoms with Crippen LogP contribution in [0.4, 0.5) is 5.13 Å². The Labute approximate surface area is 222 Å². The molecular formula is C24H31Cl2N3O4S2. The molecule has 0 unspecified atom stereocenters. The monoisotopic (exact) mass is 559 g/mol. The van der Waals surface area contributed by atoms with Crippen LogP contribution in [-0.2, 0) is 14.6 Å². The third-order valence-electron chi connectivity index (χ3n) is 5.74. The zero-order chi connectivity index (χ0) is 24.9. The van der Waals surface area contributed by atoms with Crippen molar-refractivity contribution in [2.75, 3.05) is 43.9 Å². The molecule has 0 saturated heterocycles. The standard InChI is InChI=1S/C24H30ClN3O4S2.ClH/c1-5-27(6-2)14-15-28(24-26-22-20(32-4)12-7-17(3)23(22)33-24)21(29)13-16-34(30,31)19-10-8-18(25)9-11-19;/h7-12H,5-6,13-16H2,1-4H3;1H. The van der Waals surface area contributed by atoms with Gasteiger partial charge < -0.3 is 9.64 Å². The molecule has 1 heterocycles. The van der Waals surface area contributed by atoms with Gasteiger partial charge in [0.1, 0.15) is 11.3 Å². The van der Waals surface area contributed by atoms with Gasteiger partial charge in [0.05, 0.1) is 22.5 Å². The molecule has 35 heavy (non-hydrogen) atoms. The molecule has 0 saturated carbocycles. The summed E-state index contributed by atoms with van der Waals surface area (Å²) in [6.07, 6.45) is -0.144. The van der Waals surface area contributed by atoms with Crippen LogP contribution in [0.3, 0.4) is 0 Å². The Kier molecular flexibility index (Phi) is 10.8.